The zero-order chi connectivity index (χ0) is 18.4. The van der Waals surface area contributed by atoms with E-state index in [2.05, 4.69) is 39.5 Å². The normalized spacial score (nSPS) is 23.1. The van der Waals surface area contributed by atoms with E-state index in [1.807, 2.05) is 19.1 Å². The first-order chi connectivity index (χ1) is 12.5. The predicted octanol–water partition coefficient (Wildman–Crippen LogP) is 5.50. The number of hydrogen-bond donors (Lipinski definition) is 1. The summed E-state index contributed by atoms with van der Waals surface area (Å²) in [7, 11) is 1.68. The number of nitro groups is 1. The van der Waals surface area contributed by atoms with E-state index in [4.69, 9.17) is 4.74 Å². The summed E-state index contributed by atoms with van der Waals surface area (Å²) in [4.78, 5) is 11.0. The summed E-state index contributed by atoms with van der Waals surface area (Å²) in [6.45, 7) is 1.92. The second-order valence-electron chi connectivity index (χ2n) is 6.85. The first-order valence-corrected chi connectivity index (χ1v) is 9.34. The number of ether oxygens (including phenoxy) is 1. The lowest BCUT2D eigenvalue weighted by atomic mass is 9.76. The molecule has 1 aliphatic carbocycles. The average molecular weight is 415 g/mol. The number of fused-ring (bicyclic) bond motifs is 3. The summed E-state index contributed by atoms with van der Waals surface area (Å²) in [6, 6.07) is 9.47. The van der Waals surface area contributed by atoms with Crippen LogP contribution in [-0.4, -0.2) is 12.0 Å². The molecule has 4 rings (SSSR count). The molecule has 5 nitrogen and oxygen atoms in total. The Hall–Kier alpha value is -2.34. The molecule has 0 saturated carbocycles. The number of nitro benzene ring substituents is 1. The van der Waals surface area contributed by atoms with Crippen LogP contribution in [-0.2, 0) is 0 Å². The van der Waals surface area contributed by atoms with E-state index in [1.54, 1.807) is 19.2 Å². The largest absolute Gasteiger partial charge is 0.496 e. The molecule has 2 aromatic rings. The average Bonchev–Trinajstić information content (AvgIpc) is 3.11. The van der Waals surface area contributed by atoms with Crippen LogP contribution in [0.3, 0.4) is 0 Å². The van der Waals surface area contributed by atoms with E-state index in [1.165, 1.54) is 0 Å². The van der Waals surface area contributed by atoms with E-state index in [0.717, 1.165) is 39.0 Å². The molecule has 0 radical (unpaired) electrons. The maximum atomic E-state index is 11.3. The summed E-state index contributed by atoms with van der Waals surface area (Å²) in [5.74, 6) is 1.31. The van der Waals surface area contributed by atoms with Crippen LogP contribution >= 0.6 is 15.9 Å². The minimum Gasteiger partial charge on any atom is -0.496 e. The number of rotatable bonds is 3. The molecule has 0 spiro atoms. The van der Waals surface area contributed by atoms with Gasteiger partial charge in [0.2, 0.25) is 0 Å². The van der Waals surface area contributed by atoms with Gasteiger partial charge in [0.05, 0.1) is 18.1 Å². The van der Waals surface area contributed by atoms with E-state index in [9.17, 15) is 10.1 Å². The molecule has 2 aromatic carbocycles. The van der Waals surface area contributed by atoms with Crippen molar-refractivity contribution < 1.29 is 9.66 Å². The van der Waals surface area contributed by atoms with Gasteiger partial charge in [-0.05, 0) is 48.6 Å². The predicted molar refractivity (Wildman–Crippen MR) is 105 cm³/mol. The van der Waals surface area contributed by atoms with Crippen molar-refractivity contribution in [1.29, 1.82) is 0 Å². The fourth-order valence-corrected chi connectivity index (χ4v) is 4.61. The molecule has 26 heavy (non-hydrogen) atoms. The summed E-state index contributed by atoms with van der Waals surface area (Å²) < 4.78 is 6.60. The molecule has 0 aromatic heterocycles. The highest BCUT2D eigenvalue weighted by Crippen LogP contribution is 2.52. The molecule has 6 heteroatoms. The molecule has 1 N–H and O–H groups in total. The Morgan fingerprint density at radius 2 is 2.08 bits per heavy atom. The SMILES string of the molecule is COc1ccc(Br)cc1[C@@H]1Nc2c(C)cc([N+](=O)[O-])cc2[C@@H]2C=CC[C@H]21. The number of aryl methyl sites for hydroxylation is 1. The maximum Gasteiger partial charge on any atom is 0.270 e. The van der Waals surface area contributed by atoms with Crippen LogP contribution in [0.25, 0.3) is 0 Å². The lowest BCUT2D eigenvalue weighted by Crippen LogP contribution is -2.30. The molecule has 0 amide bonds. The lowest BCUT2D eigenvalue weighted by Gasteiger charge is -2.38. The quantitative estimate of drug-likeness (QED) is 0.409. The third kappa shape index (κ3) is 2.69. The fourth-order valence-electron chi connectivity index (χ4n) is 4.23. The number of nitrogens with zero attached hydrogens (tertiary/aromatic N) is 1. The number of hydrogen-bond acceptors (Lipinski definition) is 4. The Bertz CT molecular complexity index is 926. The van der Waals surface area contributed by atoms with Gasteiger partial charge in [0.15, 0.2) is 0 Å². The molecular formula is C20H19BrN2O3. The van der Waals surface area contributed by atoms with Crippen molar-refractivity contribution in [1.82, 2.24) is 0 Å². The van der Waals surface area contributed by atoms with Crippen LogP contribution in [0.15, 0.2) is 47.0 Å². The van der Waals surface area contributed by atoms with Crippen molar-refractivity contribution in [3.63, 3.8) is 0 Å². The summed E-state index contributed by atoms with van der Waals surface area (Å²) in [5, 5.41) is 14.9. The van der Waals surface area contributed by atoms with Crippen molar-refractivity contribution in [3.8, 4) is 5.75 Å². The Kier molecular flexibility index (Phi) is 4.23. The van der Waals surface area contributed by atoms with Crippen LogP contribution in [0.5, 0.6) is 5.75 Å². The van der Waals surface area contributed by atoms with Crippen LogP contribution < -0.4 is 10.1 Å². The van der Waals surface area contributed by atoms with Gasteiger partial charge in [0, 0.05) is 33.8 Å². The minimum absolute atomic E-state index is 0.0788. The summed E-state index contributed by atoms with van der Waals surface area (Å²) in [6.07, 6.45) is 5.29. The number of halogens is 1. The fraction of sp³-hybridized carbons (Fsp3) is 0.300. The third-order valence-electron chi connectivity index (χ3n) is 5.39. The van der Waals surface area contributed by atoms with Crippen LogP contribution in [0.4, 0.5) is 11.4 Å². The molecule has 0 bridgehead atoms. The molecular weight excluding hydrogens is 396 g/mol. The Morgan fingerprint density at radius 3 is 2.81 bits per heavy atom. The number of non-ortho nitro benzene ring substituents is 1. The maximum absolute atomic E-state index is 11.3. The zero-order valence-corrected chi connectivity index (χ0v) is 16.1. The van der Waals surface area contributed by atoms with Gasteiger partial charge in [-0.25, -0.2) is 0 Å². The van der Waals surface area contributed by atoms with E-state index in [0.29, 0.717) is 5.92 Å². The van der Waals surface area contributed by atoms with Crippen molar-refractivity contribution >= 4 is 27.3 Å². The monoisotopic (exact) mass is 414 g/mol. The number of allylic oxidation sites excluding steroid dienone is 2. The van der Waals surface area contributed by atoms with Gasteiger partial charge in [0.25, 0.3) is 5.69 Å². The smallest absolute Gasteiger partial charge is 0.270 e. The van der Waals surface area contributed by atoms with Gasteiger partial charge in [-0.15, -0.1) is 0 Å². The van der Waals surface area contributed by atoms with E-state index < -0.39 is 0 Å². The van der Waals surface area contributed by atoms with Crippen molar-refractivity contribution in [3.05, 3.63) is 73.8 Å². The molecule has 0 saturated heterocycles. The van der Waals surface area contributed by atoms with Crippen LogP contribution in [0.2, 0.25) is 0 Å². The van der Waals surface area contributed by atoms with Gasteiger partial charge < -0.3 is 10.1 Å². The van der Waals surface area contributed by atoms with Gasteiger partial charge >= 0.3 is 0 Å². The van der Waals surface area contributed by atoms with Gasteiger partial charge in [-0.3, -0.25) is 10.1 Å². The van der Waals surface area contributed by atoms with Crippen LogP contribution in [0.1, 0.15) is 35.1 Å². The molecule has 0 unspecified atom stereocenters. The Balaban J connectivity index is 1.86. The highest BCUT2D eigenvalue weighted by Gasteiger charge is 2.40. The molecule has 2 aliphatic rings. The Labute approximate surface area is 160 Å². The van der Waals surface area contributed by atoms with E-state index >= 15 is 0 Å². The number of benzene rings is 2. The summed E-state index contributed by atoms with van der Waals surface area (Å²) in [5.41, 5.74) is 4.16. The van der Waals surface area contributed by atoms with Crippen molar-refractivity contribution in [2.75, 3.05) is 12.4 Å². The van der Waals surface area contributed by atoms with Crippen LogP contribution in [0, 0.1) is 23.0 Å². The van der Waals surface area contributed by atoms with Crippen molar-refractivity contribution in [2.24, 2.45) is 5.92 Å². The second-order valence-corrected chi connectivity index (χ2v) is 7.76. The number of nitrogens with one attached hydrogen (secondary N) is 1. The Morgan fingerprint density at radius 1 is 1.27 bits per heavy atom. The topological polar surface area (TPSA) is 64.4 Å². The zero-order valence-electron chi connectivity index (χ0n) is 14.5. The molecule has 1 heterocycles. The van der Waals surface area contributed by atoms with E-state index in [-0.39, 0.29) is 22.6 Å². The first kappa shape index (κ1) is 17.1. The van der Waals surface area contributed by atoms with Gasteiger partial charge in [-0.1, -0.05) is 28.1 Å². The molecule has 1 aliphatic heterocycles. The molecule has 0 fully saturated rings. The standard InChI is InChI=1S/C20H19BrN2O3/c1-11-8-13(23(24)25)10-16-14-4-3-5-15(14)20(22-19(11)16)17-9-12(21)6-7-18(17)26-2/h3-4,6-10,14-15,20,22H,5H2,1-2H3/t14-,15-,20-/m1/s1. The van der Waals surface area contributed by atoms with Gasteiger partial charge in [0.1, 0.15) is 5.75 Å². The highest BCUT2D eigenvalue weighted by atomic mass is 79.9. The number of methoxy groups -OCH3 is 1. The van der Waals surface area contributed by atoms with Crippen molar-refractivity contribution in [2.45, 2.75) is 25.3 Å². The third-order valence-corrected chi connectivity index (χ3v) is 5.88. The van der Waals surface area contributed by atoms with Gasteiger partial charge in [-0.2, -0.15) is 0 Å². The highest BCUT2D eigenvalue weighted by molar-refractivity contribution is 9.10. The second kappa shape index (κ2) is 6.43. The summed E-state index contributed by atoms with van der Waals surface area (Å²) >= 11 is 3.56. The first-order valence-electron chi connectivity index (χ1n) is 8.55. The molecule has 134 valence electrons. The lowest BCUT2D eigenvalue weighted by molar-refractivity contribution is -0.385. The molecule has 3 atom stereocenters. The minimum atomic E-state index is -0.315. The number of anilines is 1.